The van der Waals surface area contributed by atoms with Crippen LogP contribution in [0.3, 0.4) is 0 Å². The van der Waals surface area contributed by atoms with Crippen LogP contribution in [0.25, 0.3) is 0 Å². The Kier molecular flexibility index (Phi) is 7.77. The van der Waals surface area contributed by atoms with Gasteiger partial charge in [-0.05, 0) is 0 Å². The fourth-order valence-corrected chi connectivity index (χ4v) is 2.09. The van der Waals surface area contributed by atoms with Crippen molar-refractivity contribution in [2.45, 2.75) is 39.0 Å². The van der Waals surface area contributed by atoms with E-state index in [1.54, 1.807) is 0 Å². The molecule has 0 saturated carbocycles. The SMILES string of the molecule is CC(C)CC(CO)NC(O)CCS(=O)(=O)B=O. The zero-order valence-corrected chi connectivity index (χ0v) is 11.0. The van der Waals surface area contributed by atoms with E-state index in [1.165, 1.54) is 0 Å². The normalized spacial score (nSPS) is 15.6. The van der Waals surface area contributed by atoms with E-state index >= 15 is 0 Å². The van der Waals surface area contributed by atoms with Gasteiger partial charge in [-0.15, -0.1) is 0 Å². The van der Waals surface area contributed by atoms with Crippen molar-refractivity contribution in [2.24, 2.45) is 5.92 Å². The fraction of sp³-hybridized carbons (Fsp3) is 1.00. The molecule has 0 aromatic heterocycles. The number of rotatable bonds is 9. The van der Waals surface area contributed by atoms with Gasteiger partial charge in [0.05, 0.1) is 0 Å². The van der Waals surface area contributed by atoms with Crippen LogP contribution in [-0.4, -0.2) is 49.7 Å². The molecule has 100 valence electrons. The zero-order valence-electron chi connectivity index (χ0n) is 10.2. The molecule has 17 heavy (non-hydrogen) atoms. The second-order valence-electron chi connectivity index (χ2n) is 4.44. The Hall–Kier alpha value is -0.305. The van der Waals surface area contributed by atoms with Crippen LogP contribution in [0.5, 0.6) is 0 Å². The van der Waals surface area contributed by atoms with Gasteiger partial charge in [0, 0.05) is 0 Å². The summed E-state index contributed by atoms with van der Waals surface area (Å²) in [5.74, 6) is -0.0460. The molecule has 0 rings (SSSR count). The predicted molar refractivity (Wildman–Crippen MR) is 64.3 cm³/mol. The summed E-state index contributed by atoms with van der Waals surface area (Å²) in [6.45, 7) is 3.83. The van der Waals surface area contributed by atoms with Crippen molar-refractivity contribution < 1.29 is 23.3 Å². The van der Waals surface area contributed by atoms with E-state index in [0.29, 0.717) is 12.3 Å². The fourth-order valence-electron chi connectivity index (χ4n) is 1.44. The molecule has 0 radical (unpaired) electrons. The van der Waals surface area contributed by atoms with Crippen molar-refractivity contribution >= 4 is 16.1 Å². The number of hydrogen-bond acceptors (Lipinski definition) is 6. The minimum absolute atomic E-state index is 0.0737. The van der Waals surface area contributed by atoms with Crippen LogP contribution in [0, 0.1) is 5.92 Å². The summed E-state index contributed by atoms with van der Waals surface area (Å²) in [7, 11) is -3.72. The van der Waals surface area contributed by atoms with E-state index in [1.807, 2.05) is 13.8 Å². The molecule has 0 bridgehead atoms. The van der Waals surface area contributed by atoms with Crippen LogP contribution in [0.2, 0.25) is 0 Å². The third-order valence-corrected chi connectivity index (χ3v) is 3.32. The van der Waals surface area contributed by atoms with Crippen LogP contribution >= 0.6 is 0 Å². The van der Waals surface area contributed by atoms with Crippen LogP contribution in [0.15, 0.2) is 0 Å². The number of hydrogen-bond donors (Lipinski definition) is 3. The van der Waals surface area contributed by atoms with Crippen molar-refractivity contribution in [3.05, 3.63) is 0 Å². The van der Waals surface area contributed by atoms with Crippen molar-refractivity contribution in [2.75, 3.05) is 12.4 Å². The van der Waals surface area contributed by atoms with E-state index in [2.05, 4.69) is 5.32 Å². The van der Waals surface area contributed by atoms with Crippen LogP contribution in [0.1, 0.15) is 26.7 Å². The third-order valence-electron chi connectivity index (χ3n) is 2.23. The summed E-state index contributed by atoms with van der Waals surface area (Å²) >= 11 is 0. The zero-order chi connectivity index (χ0) is 13.5. The molecular weight excluding hydrogens is 245 g/mol. The molecule has 2 unspecified atom stereocenters. The maximum absolute atomic E-state index is 10.9. The van der Waals surface area contributed by atoms with Gasteiger partial charge in [-0.25, -0.2) is 0 Å². The van der Waals surface area contributed by atoms with Gasteiger partial charge >= 0.3 is 102 Å². The van der Waals surface area contributed by atoms with E-state index < -0.39 is 21.7 Å². The van der Waals surface area contributed by atoms with Crippen LogP contribution < -0.4 is 5.32 Å². The Morgan fingerprint density at radius 2 is 1.94 bits per heavy atom. The number of aliphatic hydroxyl groups excluding tert-OH is 2. The maximum atomic E-state index is 10.9. The van der Waals surface area contributed by atoms with Crippen LogP contribution in [0.4, 0.5) is 0 Å². The molecule has 0 aromatic carbocycles. The third kappa shape index (κ3) is 8.42. The first-order valence-electron chi connectivity index (χ1n) is 5.53. The van der Waals surface area contributed by atoms with E-state index in [4.69, 9.17) is 5.11 Å². The first-order chi connectivity index (χ1) is 7.80. The van der Waals surface area contributed by atoms with Gasteiger partial charge in [0.2, 0.25) is 0 Å². The van der Waals surface area contributed by atoms with Gasteiger partial charge in [-0.3, -0.25) is 0 Å². The molecule has 0 saturated heterocycles. The summed E-state index contributed by atoms with van der Waals surface area (Å²) in [4.78, 5) is 0. The Balaban J connectivity index is 4.07. The van der Waals surface area contributed by atoms with Gasteiger partial charge < -0.3 is 0 Å². The molecule has 0 aliphatic carbocycles. The van der Waals surface area contributed by atoms with Gasteiger partial charge in [-0.1, -0.05) is 0 Å². The monoisotopic (exact) mass is 265 g/mol. The molecule has 0 fully saturated rings. The van der Waals surface area contributed by atoms with Crippen molar-refractivity contribution in [3.8, 4) is 0 Å². The molecule has 0 amide bonds. The first-order valence-corrected chi connectivity index (χ1v) is 7.25. The predicted octanol–water partition coefficient (Wildman–Crippen LogP) is -0.929. The van der Waals surface area contributed by atoms with Crippen molar-refractivity contribution in [1.29, 1.82) is 0 Å². The van der Waals surface area contributed by atoms with E-state index in [0.717, 1.165) is 0 Å². The Morgan fingerprint density at radius 1 is 1.35 bits per heavy atom. The molecule has 6 nitrogen and oxygen atoms in total. The second kappa shape index (κ2) is 7.91. The molecule has 0 aromatic rings. The molecule has 2 atom stereocenters. The molecule has 0 aliphatic heterocycles. The molecule has 8 heteroatoms. The topological polar surface area (TPSA) is 104 Å². The van der Waals surface area contributed by atoms with Gasteiger partial charge in [0.15, 0.2) is 0 Å². The molecule has 3 N–H and O–H groups in total. The first kappa shape index (κ1) is 16.7. The van der Waals surface area contributed by atoms with Crippen molar-refractivity contribution in [3.63, 3.8) is 0 Å². The van der Waals surface area contributed by atoms with Gasteiger partial charge in [0.1, 0.15) is 0 Å². The quantitative estimate of drug-likeness (QED) is 0.367. The summed E-state index contributed by atoms with van der Waals surface area (Å²) < 4.78 is 31.9. The van der Waals surface area contributed by atoms with Gasteiger partial charge in [-0.2, -0.15) is 0 Å². The van der Waals surface area contributed by atoms with E-state index in [9.17, 15) is 18.2 Å². The summed E-state index contributed by atoms with van der Waals surface area (Å²) in [5.41, 5.74) is 0. The Labute approximate surface area is 102 Å². The van der Waals surface area contributed by atoms with Crippen LogP contribution in [-0.2, 0) is 14.4 Å². The Bertz CT molecular complexity index is 319. The molecule has 0 spiro atoms. The standard InChI is InChI=1S/C9H20BNO5S/c1-7(2)5-8(6-12)11-9(13)3-4-17(15,16)10-14/h7-9,11-13H,3-6H2,1-2H3. The number of nitrogens with one attached hydrogen (secondary N) is 1. The molecule has 0 aliphatic rings. The molecular formula is C9H20BNO5S. The molecule has 0 heterocycles. The van der Waals surface area contributed by atoms with Crippen molar-refractivity contribution in [1.82, 2.24) is 5.32 Å². The van der Waals surface area contributed by atoms with E-state index in [-0.39, 0.29) is 25.5 Å². The minimum atomic E-state index is -3.72. The number of aliphatic hydroxyl groups is 2. The average molecular weight is 265 g/mol. The average Bonchev–Trinajstić information content (AvgIpc) is 2.25. The van der Waals surface area contributed by atoms with Gasteiger partial charge in [0.25, 0.3) is 0 Å². The second-order valence-corrected chi connectivity index (χ2v) is 6.37. The summed E-state index contributed by atoms with van der Waals surface area (Å²) in [6.07, 6.45) is -0.554. The Morgan fingerprint density at radius 3 is 2.35 bits per heavy atom. The summed E-state index contributed by atoms with van der Waals surface area (Å²) in [5, 5.41) is 21.3. The summed E-state index contributed by atoms with van der Waals surface area (Å²) in [6, 6.07) is -0.274.